The molecule has 0 unspecified atom stereocenters. The van der Waals surface area contributed by atoms with E-state index in [2.05, 4.69) is 39.6 Å². The van der Waals surface area contributed by atoms with Crippen molar-refractivity contribution in [2.24, 2.45) is 0 Å². The van der Waals surface area contributed by atoms with Crippen LogP contribution in [0.25, 0.3) is 0 Å². The summed E-state index contributed by atoms with van der Waals surface area (Å²) >= 11 is 11.4. The van der Waals surface area contributed by atoms with Crippen molar-refractivity contribution in [3.05, 3.63) is 39.1 Å². The summed E-state index contributed by atoms with van der Waals surface area (Å²) in [5.41, 5.74) is 8.66. The molecule has 2 aromatic rings. The molecule has 3 nitrogen and oxygen atoms in total. The van der Waals surface area contributed by atoms with Crippen molar-refractivity contribution in [3.8, 4) is 0 Å². The van der Waals surface area contributed by atoms with Crippen LogP contribution in [0, 0.1) is 0 Å². The van der Waals surface area contributed by atoms with Gasteiger partial charge in [0.1, 0.15) is 0 Å². The van der Waals surface area contributed by atoms with E-state index in [1.54, 1.807) is 11.8 Å². The van der Waals surface area contributed by atoms with Crippen molar-refractivity contribution in [2.75, 3.05) is 5.73 Å². The van der Waals surface area contributed by atoms with Gasteiger partial charge in [-0.1, -0.05) is 18.5 Å². The van der Waals surface area contributed by atoms with Gasteiger partial charge in [-0.05, 0) is 47.5 Å². The highest BCUT2D eigenvalue weighted by molar-refractivity contribution is 9.10. The normalized spacial score (nSPS) is 11.0. The minimum Gasteiger partial charge on any atom is -0.398 e. The Morgan fingerprint density at radius 1 is 1.40 bits per heavy atom. The smallest absolute Gasteiger partial charge is 0.0767 e. The van der Waals surface area contributed by atoms with Crippen LogP contribution < -0.4 is 5.73 Å². The van der Waals surface area contributed by atoms with Gasteiger partial charge in [0.25, 0.3) is 0 Å². The standard InChI is InChI=1S/C14H17BrClN3S/c1-3-12-14(15)13(19(4-2)18-12)8-20-9-5-6-11(17)10(16)7-9/h5-7H,3-4,8,17H2,1-2H3. The summed E-state index contributed by atoms with van der Waals surface area (Å²) in [6, 6.07) is 5.74. The predicted octanol–water partition coefficient (Wildman–Crippen LogP) is 4.76. The van der Waals surface area contributed by atoms with E-state index >= 15 is 0 Å². The summed E-state index contributed by atoms with van der Waals surface area (Å²) < 4.78 is 3.17. The zero-order valence-electron chi connectivity index (χ0n) is 11.5. The minimum atomic E-state index is 0.604. The number of hydrogen-bond acceptors (Lipinski definition) is 3. The summed E-state index contributed by atoms with van der Waals surface area (Å²) in [7, 11) is 0. The molecule has 0 saturated heterocycles. The van der Waals surface area contributed by atoms with Gasteiger partial charge < -0.3 is 5.73 Å². The number of nitrogens with two attached hydrogens (primary N) is 1. The average Bonchev–Trinajstić information content (AvgIpc) is 2.76. The monoisotopic (exact) mass is 373 g/mol. The number of hydrogen-bond donors (Lipinski definition) is 1. The molecule has 2 rings (SSSR count). The summed E-state index contributed by atoms with van der Waals surface area (Å²) in [6.45, 7) is 5.09. The van der Waals surface area contributed by atoms with Crippen LogP contribution >= 0.6 is 39.3 Å². The molecule has 0 atom stereocenters. The maximum atomic E-state index is 6.05. The van der Waals surface area contributed by atoms with Gasteiger partial charge in [0.15, 0.2) is 0 Å². The molecule has 0 aliphatic heterocycles. The molecule has 0 saturated carbocycles. The van der Waals surface area contributed by atoms with E-state index < -0.39 is 0 Å². The number of rotatable bonds is 5. The third-order valence-corrected chi connectivity index (χ3v) is 5.29. The molecule has 2 N–H and O–H groups in total. The summed E-state index contributed by atoms with van der Waals surface area (Å²) in [6.07, 6.45) is 0.930. The Labute approximate surface area is 137 Å². The van der Waals surface area contributed by atoms with Gasteiger partial charge in [-0.25, -0.2) is 0 Å². The topological polar surface area (TPSA) is 43.8 Å². The molecule has 0 bridgehead atoms. The molecule has 6 heteroatoms. The third kappa shape index (κ3) is 3.32. The number of nitrogen functional groups attached to an aromatic ring is 1. The van der Waals surface area contributed by atoms with Crippen LogP contribution in [0.2, 0.25) is 5.02 Å². The van der Waals surface area contributed by atoms with Gasteiger partial charge in [-0.2, -0.15) is 5.10 Å². The molecule has 0 aliphatic carbocycles. The van der Waals surface area contributed by atoms with Crippen molar-refractivity contribution in [2.45, 2.75) is 37.5 Å². The Morgan fingerprint density at radius 3 is 2.75 bits per heavy atom. The highest BCUT2D eigenvalue weighted by Gasteiger charge is 2.14. The Balaban J connectivity index is 2.17. The van der Waals surface area contributed by atoms with E-state index in [0.717, 1.165) is 33.8 Å². The molecule has 20 heavy (non-hydrogen) atoms. The van der Waals surface area contributed by atoms with E-state index in [1.807, 2.05) is 18.2 Å². The second-order valence-electron chi connectivity index (χ2n) is 4.35. The fraction of sp³-hybridized carbons (Fsp3) is 0.357. The van der Waals surface area contributed by atoms with Crippen LogP contribution in [0.4, 0.5) is 5.69 Å². The number of halogens is 2. The lowest BCUT2D eigenvalue weighted by Crippen LogP contribution is -2.01. The summed E-state index contributed by atoms with van der Waals surface area (Å²) in [5, 5.41) is 5.21. The van der Waals surface area contributed by atoms with E-state index in [-0.39, 0.29) is 0 Å². The quantitative estimate of drug-likeness (QED) is 0.606. The molecule has 0 aliphatic rings. The second kappa shape index (κ2) is 6.87. The Bertz CT molecular complexity index is 613. The Kier molecular flexibility index (Phi) is 5.41. The first-order valence-corrected chi connectivity index (χ1v) is 8.64. The van der Waals surface area contributed by atoms with Crippen LogP contribution in [-0.4, -0.2) is 9.78 Å². The number of aromatic nitrogens is 2. The van der Waals surface area contributed by atoms with Crippen molar-refractivity contribution in [1.29, 1.82) is 0 Å². The van der Waals surface area contributed by atoms with E-state index in [4.69, 9.17) is 17.3 Å². The van der Waals surface area contributed by atoms with E-state index in [0.29, 0.717) is 10.7 Å². The SMILES string of the molecule is CCc1nn(CC)c(CSc2ccc(N)c(Cl)c2)c1Br. The van der Waals surface area contributed by atoms with E-state index in [1.165, 1.54) is 5.69 Å². The maximum absolute atomic E-state index is 6.05. The molecule has 108 valence electrons. The van der Waals surface area contributed by atoms with Gasteiger partial charge in [0.2, 0.25) is 0 Å². The fourth-order valence-corrected chi connectivity index (χ4v) is 4.00. The van der Waals surface area contributed by atoms with Gasteiger partial charge in [0, 0.05) is 17.2 Å². The van der Waals surface area contributed by atoms with E-state index in [9.17, 15) is 0 Å². The predicted molar refractivity (Wildman–Crippen MR) is 90.4 cm³/mol. The maximum Gasteiger partial charge on any atom is 0.0767 e. The third-order valence-electron chi connectivity index (χ3n) is 3.04. The van der Waals surface area contributed by atoms with Crippen molar-refractivity contribution in [1.82, 2.24) is 9.78 Å². The highest BCUT2D eigenvalue weighted by Crippen LogP contribution is 2.32. The number of aryl methyl sites for hydroxylation is 2. The molecule has 0 amide bonds. The minimum absolute atomic E-state index is 0.604. The van der Waals surface area contributed by atoms with Gasteiger partial charge in [-0.3, -0.25) is 4.68 Å². The molecule has 1 aromatic carbocycles. The second-order valence-corrected chi connectivity index (χ2v) is 6.60. The molecule has 0 fully saturated rings. The van der Waals surface area contributed by atoms with Crippen LogP contribution in [0.1, 0.15) is 25.2 Å². The lowest BCUT2D eigenvalue weighted by Gasteiger charge is -2.06. The van der Waals surface area contributed by atoms with Crippen LogP contribution in [0.5, 0.6) is 0 Å². The molecule has 0 spiro atoms. The lowest BCUT2D eigenvalue weighted by molar-refractivity contribution is 0.627. The lowest BCUT2D eigenvalue weighted by atomic mass is 10.3. The number of nitrogens with zero attached hydrogens (tertiary/aromatic N) is 2. The molecule has 1 heterocycles. The van der Waals surface area contributed by atoms with Crippen LogP contribution in [0.15, 0.2) is 27.6 Å². The molecule has 1 aromatic heterocycles. The Morgan fingerprint density at radius 2 is 2.15 bits per heavy atom. The molecular weight excluding hydrogens is 358 g/mol. The zero-order chi connectivity index (χ0) is 14.7. The van der Waals surface area contributed by atoms with Gasteiger partial charge in [-0.15, -0.1) is 11.8 Å². The number of benzene rings is 1. The first kappa shape index (κ1) is 15.7. The van der Waals surface area contributed by atoms with Crippen molar-refractivity contribution >= 4 is 45.0 Å². The summed E-state index contributed by atoms with van der Waals surface area (Å²) in [4.78, 5) is 1.11. The first-order valence-electron chi connectivity index (χ1n) is 6.48. The molecule has 0 radical (unpaired) electrons. The van der Waals surface area contributed by atoms with Crippen molar-refractivity contribution in [3.63, 3.8) is 0 Å². The highest BCUT2D eigenvalue weighted by atomic mass is 79.9. The van der Waals surface area contributed by atoms with Gasteiger partial charge >= 0.3 is 0 Å². The van der Waals surface area contributed by atoms with Crippen LogP contribution in [0.3, 0.4) is 0 Å². The fourth-order valence-electron chi connectivity index (χ4n) is 1.90. The first-order chi connectivity index (χ1) is 9.56. The average molecular weight is 375 g/mol. The number of anilines is 1. The van der Waals surface area contributed by atoms with Crippen molar-refractivity contribution < 1.29 is 0 Å². The molecular formula is C14H17BrClN3S. The van der Waals surface area contributed by atoms with Gasteiger partial charge in [0.05, 0.1) is 26.6 Å². The van der Waals surface area contributed by atoms with Crippen LogP contribution in [-0.2, 0) is 18.7 Å². The summed E-state index contributed by atoms with van der Waals surface area (Å²) in [5.74, 6) is 0.849. The number of thioether (sulfide) groups is 1. The Hall–Kier alpha value is -0.650. The largest absolute Gasteiger partial charge is 0.398 e. The zero-order valence-corrected chi connectivity index (χ0v) is 14.6.